The molecule has 0 aromatic heterocycles. The zero-order chi connectivity index (χ0) is 13.4. The van der Waals surface area contributed by atoms with Crippen LogP contribution in [0.25, 0.3) is 0 Å². The lowest BCUT2D eigenvalue weighted by Crippen LogP contribution is -2.22. The summed E-state index contributed by atoms with van der Waals surface area (Å²) in [7, 11) is 0. The van der Waals surface area contributed by atoms with E-state index in [0.717, 1.165) is 28.9 Å². The van der Waals surface area contributed by atoms with Gasteiger partial charge in [-0.05, 0) is 25.1 Å². The normalized spacial score (nSPS) is 10.9. The Balaban J connectivity index is 2.58. The molecule has 1 aromatic carbocycles. The molecule has 0 amide bonds. The average molecular weight is 316 g/mol. The molecule has 1 N–H and O–H groups in total. The van der Waals surface area contributed by atoms with E-state index in [4.69, 9.17) is 9.47 Å². The van der Waals surface area contributed by atoms with Gasteiger partial charge in [-0.2, -0.15) is 0 Å². The van der Waals surface area contributed by atoms with E-state index in [1.807, 2.05) is 19.1 Å². The van der Waals surface area contributed by atoms with Crippen molar-refractivity contribution in [2.75, 3.05) is 19.8 Å². The first kappa shape index (κ1) is 15.5. The topological polar surface area (TPSA) is 30.5 Å². The molecule has 18 heavy (non-hydrogen) atoms. The zero-order valence-corrected chi connectivity index (χ0v) is 12.9. The molecule has 0 saturated heterocycles. The third-order valence-electron chi connectivity index (χ3n) is 2.41. The first-order valence-electron chi connectivity index (χ1n) is 6.35. The fourth-order valence-corrected chi connectivity index (χ4v) is 1.90. The monoisotopic (exact) mass is 315 g/mol. The van der Waals surface area contributed by atoms with Gasteiger partial charge < -0.3 is 14.8 Å². The van der Waals surface area contributed by atoms with Crippen molar-refractivity contribution >= 4 is 15.9 Å². The third-order valence-corrected chi connectivity index (χ3v) is 2.91. The molecule has 0 saturated carbocycles. The number of hydrogen-bond acceptors (Lipinski definition) is 3. The molecule has 0 spiro atoms. The summed E-state index contributed by atoms with van der Waals surface area (Å²) in [5, 5.41) is 3.40. The minimum Gasteiger partial charge on any atom is -0.491 e. The summed E-state index contributed by atoms with van der Waals surface area (Å²) in [5.41, 5.74) is 1.16. The van der Waals surface area contributed by atoms with Crippen LogP contribution in [-0.2, 0) is 11.3 Å². The van der Waals surface area contributed by atoms with Crippen molar-refractivity contribution in [1.29, 1.82) is 0 Å². The first-order valence-corrected chi connectivity index (χ1v) is 7.15. The van der Waals surface area contributed by atoms with Gasteiger partial charge in [-0.3, -0.25) is 0 Å². The van der Waals surface area contributed by atoms with E-state index >= 15 is 0 Å². The number of nitrogens with one attached hydrogen (secondary N) is 1. The van der Waals surface area contributed by atoms with E-state index in [-0.39, 0.29) is 0 Å². The number of ether oxygens (including phenoxy) is 2. The molecule has 0 radical (unpaired) electrons. The molecule has 1 aromatic rings. The van der Waals surface area contributed by atoms with Crippen molar-refractivity contribution in [3.63, 3.8) is 0 Å². The molecule has 102 valence electrons. The van der Waals surface area contributed by atoms with Crippen molar-refractivity contribution in [1.82, 2.24) is 5.32 Å². The lowest BCUT2D eigenvalue weighted by atomic mass is 10.2. The van der Waals surface area contributed by atoms with Gasteiger partial charge in [0, 0.05) is 29.2 Å². The highest BCUT2D eigenvalue weighted by atomic mass is 79.9. The second kappa shape index (κ2) is 8.51. The number of halogens is 1. The summed E-state index contributed by atoms with van der Waals surface area (Å²) in [6, 6.07) is 6.54. The SMILES string of the molecule is CCOCCOc1ccc(Br)cc1CNC(C)C. The summed E-state index contributed by atoms with van der Waals surface area (Å²) >= 11 is 3.49. The van der Waals surface area contributed by atoms with E-state index in [1.54, 1.807) is 0 Å². The van der Waals surface area contributed by atoms with Crippen LogP contribution in [0.1, 0.15) is 26.3 Å². The largest absolute Gasteiger partial charge is 0.491 e. The average Bonchev–Trinajstić information content (AvgIpc) is 2.34. The van der Waals surface area contributed by atoms with Crippen LogP contribution in [-0.4, -0.2) is 25.9 Å². The van der Waals surface area contributed by atoms with E-state index in [9.17, 15) is 0 Å². The molecular formula is C14H22BrNO2. The minimum atomic E-state index is 0.459. The van der Waals surface area contributed by atoms with Gasteiger partial charge >= 0.3 is 0 Å². The summed E-state index contributed by atoms with van der Waals surface area (Å²) in [6.07, 6.45) is 0. The standard InChI is InChI=1S/C14H22BrNO2/c1-4-17-7-8-18-14-6-5-13(15)9-12(14)10-16-11(2)3/h5-6,9,11,16H,4,7-8,10H2,1-3H3. The lowest BCUT2D eigenvalue weighted by Gasteiger charge is -2.14. The van der Waals surface area contributed by atoms with Crippen molar-refractivity contribution < 1.29 is 9.47 Å². The molecule has 0 aliphatic rings. The summed E-state index contributed by atoms with van der Waals surface area (Å²) in [6.45, 7) is 9.00. The number of hydrogen-bond donors (Lipinski definition) is 1. The fraction of sp³-hybridized carbons (Fsp3) is 0.571. The van der Waals surface area contributed by atoms with Gasteiger partial charge in [0.1, 0.15) is 12.4 Å². The first-order chi connectivity index (χ1) is 8.63. The number of benzene rings is 1. The molecule has 0 heterocycles. The Morgan fingerprint density at radius 3 is 2.72 bits per heavy atom. The fourth-order valence-electron chi connectivity index (χ4n) is 1.50. The Kier molecular flexibility index (Phi) is 7.32. The second-order valence-electron chi connectivity index (χ2n) is 4.33. The van der Waals surface area contributed by atoms with E-state index in [2.05, 4.69) is 41.2 Å². The van der Waals surface area contributed by atoms with Crippen LogP contribution in [0.15, 0.2) is 22.7 Å². The van der Waals surface area contributed by atoms with Gasteiger partial charge in [0.05, 0.1) is 6.61 Å². The number of rotatable bonds is 8. The molecule has 3 nitrogen and oxygen atoms in total. The van der Waals surface area contributed by atoms with Gasteiger partial charge in [-0.1, -0.05) is 29.8 Å². The van der Waals surface area contributed by atoms with Gasteiger partial charge in [0.2, 0.25) is 0 Å². The van der Waals surface area contributed by atoms with Crippen LogP contribution in [0.3, 0.4) is 0 Å². The maximum absolute atomic E-state index is 5.74. The molecule has 0 unspecified atom stereocenters. The highest BCUT2D eigenvalue weighted by Crippen LogP contribution is 2.23. The molecule has 0 fully saturated rings. The second-order valence-corrected chi connectivity index (χ2v) is 5.25. The van der Waals surface area contributed by atoms with Gasteiger partial charge in [-0.15, -0.1) is 0 Å². The van der Waals surface area contributed by atoms with Crippen molar-refractivity contribution in [2.45, 2.75) is 33.4 Å². The quantitative estimate of drug-likeness (QED) is 0.746. The maximum atomic E-state index is 5.74. The van der Waals surface area contributed by atoms with E-state index < -0.39 is 0 Å². The predicted molar refractivity (Wildman–Crippen MR) is 78.1 cm³/mol. The molecule has 0 bridgehead atoms. The van der Waals surface area contributed by atoms with Crippen LogP contribution >= 0.6 is 15.9 Å². The summed E-state index contributed by atoms with van der Waals surface area (Å²) in [4.78, 5) is 0. The molecule has 4 heteroatoms. The van der Waals surface area contributed by atoms with Crippen molar-refractivity contribution in [2.24, 2.45) is 0 Å². The van der Waals surface area contributed by atoms with E-state index in [0.29, 0.717) is 19.3 Å². The zero-order valence-electron chi connectivity index (χ0n) is 11.3. The summed E-state index contributed by atoms with van der Waals surface area (Å²) < 4.78 is 12.1. The molecule has 0 aliphatic carbocycles. The smallest absolute Gasteiger partial charge is 0.123 e. The van der Waals surface area contributed by atoms with E-state index in [1.165, 1.54) is 0 Å². The maximum Gasteiger partial charge on any atom is 0.123 e. The molecule has 0 aliphatic heterocycles. The van der Waals surface area contributed by atoms with Gasteiger partial charge in [0.25, 0.3) is 0 Å². The molecular weight excluding hydrogens is 294 g/mol. The van der Waals surface area contributed by atoms with Crippen LogP contribution in [0.5, 0.6) is 5.75 Å². The Morgan fingerprint density at radius 1 is 1.28 bits per heavy atom. The molecule has 0 atom stereocenters. The Hall–Kier alpha value is -0.580. The van der Waals surface area contributed by atoms with Crippen LogP contribution < -0.4 is 10.1 Å². The summed E-state index contributed by atoms with van der Waals surface area (Å²) in [5.74, 6) is 0.922. The van der Waals surface area contributed by atoms with Gasteiger partial charge in [-0.25, -0.2) is 0 Å². The van der Waals surface area contributed by atoms with Crippen molar-refractivity contribution in [3.05, 3.63) is 28.2 Å². The van der Waals surface area contributed by atoms with Crippen LogP contribution in [0.4, 0.5) is 0 Å². The lowest BCUT2D eigenvalue weighted by molar-refractivity contribution is 0.110. The van der Waals surface area contributed by atoms with Crippen LogP contribution in [0.2, 0.25) is 0 Å². The van der Waals surface area contributed by atoms with Gasteiger partial charge in [0.15, 0.2) is 0 Å². The Morgan fingerprint density at radius 2 is 2.06 bits per heavy atom. The Labute approximate surface area is 118 Å². The molecule has 1 rings (SSSR count). The highest BCUT2D eigenvalue weighted by molar-refractivity contribution is 9.10. The van der Waals surface area contributed by atoms with Crippen molar-refractivity contribution in [3.8, 4) is 5.75 Å². The predicted octanol–water partition coefficient (Wildman–Crippen LogP) is 3.36. The van der Waals surface area contributed by atoms with Crippen LogP contribution in [0, 0.1) is 0 Å². The third kappa shape index (κ3) is 5.85. The minimum absolute atomic E-state index is 0.459. The Bertz CT molecular complexity index is 356. The highest BCUT2D eigenvalue weighted by Gasteiger charge is 2.05.